The SMILES string of the molecule is CC(C)C[C@@H](Nc1ncc(C(N)=O)c(Nc2ccc(N3CCOCC3)cc2)n1)C(N)=O. The van der Waals surface area contributed by atoms with E-state index in [4.69, 9.17) is 16.2 Å². The van der Waals surface area contributed by atoms with E-state index in [0.29, 0.717) is 19.6 Å². The molecule has 1 aromatic carbocycles. The topological polar surface area (TPSA) is 148 Å². The van der Waals surface area contributed by atoms with E-state index in [0.717, 1.165) is 24.5 Å². The van der Waals surface area contributed by atoms with Crippen molar-refractivity contribution in [2.45, 2.75) is 26.3 Å². The summed E-state index contributed by atoms with van der Waals surface area (Å²) in [6, 6.07) is 7.15. The van der Waals surface area contributed by atoms with Crippen LogP contribution in [0.4, 0.5) is 23.1 Å². The van der Waals surface area contributed by atoms with Gasteiger partial charge >= 0.3 is 0 Å². The fraction of sp³-hybridized carbons (Fsp3) is 0.429. The zero-order valence-electron chi connectivity index (χ0n) is 17.8. The Hall–Kier alpha value is -3.40. The molecule has 6 N–H and O–H groups in total. The van der Waals surface area contributed by atoms with Crippen molar-refractivity contribution in [3.8, 4) is 0 Å². The average molecular weight is 428 g/mol. The summed E-state index contributed by atoms with van der Waals surface area (Å²) >= 11 is 0. The van der Waals surface area contributed by atoms with Gasteiger partial charge in [0.15, 0.2) is 0 Å². The Bertz CT molecular complexity index is 912. The van der Waals surface area contributed by atoms with E-state index in [2.05, 4.69) is 25.5 Å². The number of primary amides is 2. The average Bonchev–Trinajstić information content (AvgIpc) is 2.74. The number of hydrogen-bond acceptors (Lipinski definition) is 8. The van der Waals surface area contributed by atoms with Crippen LogP contribution in [0.2, 0.25) is 0 Å². The number of carbonyl (C=O) groups is 2. The number of ether oxygens (including phenoxy) is 1. The maximum atomic E-state index is 11.8. The van der Waals surface area contributed by atoms with Gasteiger partial charge in [0.1, 0.15) is 17.4 Å². The molecule has 1 fully saturated rings. The first-order chi connectivity index (χ1) is 14.8. The molecule has 166 valence electrons. The Balaban J connectivity index is 1.79. The largest absolute Gasteiger partial charge is 0.378 e. The summed E-state index contributed by atoms with van der Waals surface area (Å²) in [6.07, 6.45) is 1.86. The molecule has 2 heterocycles. The van der Waals surface area contributed by atoms with Gasteiger partial charge in [-0.05, 0) is 36.6 Å². The van der Waals surface area contributed by atoms with Crippen molar-refractivity contribution in [3.63, 3.8) is 0 Å². The molecule has 0 spiro atoms. The van der Waals surface area contributed by atoms with Gasteiger partial charge in [0.25, 0.3) is 5.91 Å². The summed E-state index contributed by atoms with van der Waals surface area (Å²) in [6.45, 7) is 7.09. The summed E-state index contributed by atoms with van der Waals surface area (Å²) in [5.74, 6) is -0.478. The van der Waals surface area contributed by atoms with Crippen LogP contribution in [0, 0.1) is 5.92 Å². The third-order valence-corrected chi connectivity index (χ3v) is 4.91. The van der Waals surface area contributed by atoms with Crippen LogP contribution in [-0.2, 0) is 9.53 Å². The monoisotopic (exact) mass is 427 g/mol. The van der Waals surface area contributed by atoms with Crippen molar-refractivity contribution in [2.75, 3.05) is 41.8 Å². The number of nitrogens with one attached hydrogen (secondary N) is 2. The normalized spacial score (nSPS) is 14.9. The lowest BCUT2D eigenvalue weighted by atomic mass is 10.0. The summed E-state index contributed by atoms with van der Waals surface area (Å²) < 4.78 is 5.39. The molecule has 3 rings (SSSR count). The van der Waals surface area contributed by atoms with Crippen molar-refractivity contribution in [1.29, 1.82) is 0 Å². The molecule has 10 heteroatoms. The van der Waals surface area contributed by atoms with Crippen molar-refractivity contribution < 1.29 is 14.3 Å². The van der Waals surface area contributed by atoms with Crippen molar-refractivity contribution in [3.05, 3.63) is 36.0 Å². The molecule has 0 saturated carbocycles. The maximum absolute atomic E-state index is 11.8. The van der Waals surface area contributed by atoms with Crippen molar-refractivity contribution in [2.24, 2.45) is 17.4 Å². The molecular weight excluding hydrogens is 398 g/mol. The van der Waals surface area contributed by atoms with E-state index in [1.807, 2.05) is 38.1 Å². The van der Waals surface area contributed by atoms with Gasteiger partial charge in [-0.3, -0.25) is 9.59 Å². The lowest BCUT2D eigenvalue weighted by Crippen LogP contribution is -2.37. The highest BCUT2D eigenvalue weighted by atomic mass is 16.5. The highest BCUT2D eigenvalue weighted by Gasteiger charge is 2.20. The van der Waals surface area contributed by atoms with Crippen LogP contribution >= 0.6 is 0 Å². The molecule has 0 radical (unpaired) electrons. The van der Waals surface area contributed by atoms with Gasteiger partial charge < -0.3 is 31.7 Å². The zero-order chi connectivity index (χ0) is 22.4. The molecule has 0 bridgehead atoms. The van der Waals surface area contributed by atoms with E-state index in [-0.39, 0.29) is 23.2 Å². The van der Waals surface area contributed by atoms with Crippen LogP contribution in [-0.4, -0.2) is 54.1 Å². The number of aromatic nitrogens is 2. The Morgan fingerprint density at radius 3 is 2.42 bits per heavy atom. The standard InChI is InChI=1S/C21H29N7O3/c1-13(2)11-17(19(23)30)26-21-24-12-16(18(22)29)20(27-21)25-14-3-5-15(6-4-14)28-7-9-31-10-8-28/h3-6,12-13,17H,7-11H2,1-2H3,(H2,22,29)(H2,23,30)(H2,24,25,26,27)/t17-/m1/s1. The Labute approximate surface area is 181 Å². The number of nitrogens with two attached hydrogens (primary N) is 2. The van der Waals surface area contributed by atoms with Gasteiger partial charge in [-0.15, -0.1) is 0 Å². The first-order valence-corrected chi connectivity index (χ1v) is 10.3. The molecule has 1 aliphatic rings. The molecule has 10 nitrogen and oxygen atoms in total. The minimum atomic E-state index is -0.660. The quantitative estimate of drug-likeness (QED) is 0.470. The molecule has 0 unspecified atom stereocenters. The Morgan fingerprint density at radius 1 is 1.16 bits per heavy atom. The number of anilines is 4. The summed E-state index contributed by atoms with van der Waals surface area (Å²) in [4.78, 5) is 34.3. The number of amides is 2. The van der Waals surface area contributed by atoms with Crippen LogP contribution in [0.1, 0.15) is 30.6 Å². The molecule has 1 aliphatic heterocycles. The fourth-order valence-electron chi connectivity index (χ4n) is 3.31. The molecule has 1 saturated heterocycles. The third kappa shape index (κ3) is 6.05. The summed E-state index contributed by atoms with van der Waals surface area (Å²) in [7, 11) is 0. The minimum absolute atomic E-state index is 0.141. The van der Waals surface area contributed by atoms with Crippen molar-refractivity contribution >= 4 is 35.0 Å². The molecule has 2 amide bonds. The summed E-state index contributed by atoms with van der Waals surface area (Å²) in [5, 5.41) is 6.06. The van der Waals surface area contributed by atoms with Gasteiger partial charge in [0.2, 0.25) is 11.9 Å². The number of nitrogens with zero attached hydrogens (tertiary/aromatic N) is 3. The highest BCUT2D eigenvalue weighted by Crippen LogP contribution is 2.24. The van der Waals surface area contributed by atoms with E-state index in [1.165, 1.54) is 6.20 Å². The number of benzene rings is 1. The fourth-order valence-corrected chi connectivity index (χ4v) is 3.31. The number of morpholine rings is 1. The Kier molecular flexibility index (Phi) is 7.24. The molecule has 1 atom stereocenters. The predicted molar refractivity (Wildman–Crippen MR) is 119 cm³/mol. The molecule has 2 aromatic rings. The van der Waals surface area contributed by atoms with Crippen LogP contribution in [0.25, 0.3) is 0 Å². The van der Waals surface area contributed by atoms with Crippen LogP contribution in [0.15, 0.2) is 30.5 Å². The second-order valence-corrected chi connectivity index (χ2v) is 7.82. The minimum Gasteiger partial charge on any atom is -0.378 e. The number of hydrogen-bond donors (Lipinski definition) is 4. The van der Waals surface area contributed by atoms with E-state index >= 15 is 0 Å². The van der Waals surface area contributed by atoms with Crippen LogP contribution < -0.4 is 27.0 Å². The molecular formula is C21H29N7O3. The van der Waals surface area contributed by atoms with Crippen LogP contribution in [0.5, 0.6) is 0 Å². The Morgan fingerprint density at radius 2 is 1.84 bits per heavy atom. The lowest BCUT2D eigenvalue weighted by molar-refractivity contribution is -0.119. The van der Waals surface area contributed by atoms with Crippen LogP contribution in [0.3, 0.4) is 0 Å². The van der Waals surface area contributed by atoms with Gasteiger partial charge in [0.05, 0.1) is 13.2 Å². The number of carbonyl (C=O) groups excluding carboxylic acids is 2. The smallest absolute Gasteiger partial charge is 0.254 e. The summed E-state index contributed by atoms with van der Waals surface area (Å²) in [5.41, 5.74) is 12.9. The second kappa shape index (κ2) is 10.1. The first-order valence-electron chi connectivity index (χ1n) is 10.3. The van der Waals surface area contributed by atoms with Gasteiger partial charge in [-0.1, -0.05) is 13.8 Å². The predicted octanol–water partition coefficient (Wildman–Crippen LogP) is 1.47. The van der Waals surface area contributed by atoms with E-state index < -0.39 is 17.9 Å². The lowest BCUT2D eigenvalue weighted by Gasteiger charge is -2.29. The maximum Gasteiger partial charge on any atom is 0.254 e. The molecule has 0 aliphatic carbocycles. The molecule has 31 heavy (non-hydrogen) atoms. The third-order valence-electron chi connectivity index (χ3n) is 4.91. The van der Waals surface area contributed by atoms with Crippen molar-refractivity contribution in [1.82, 2.24) is 9.97 Å². The highest BCUT2D eigenvalue weighted by molar-refractivity contribution is 5.98. The van der Waals surface area contributed by atoms with E-state index in [9.17, 15) is 9.59 Å². The first kappa shape index (κ1) is 22.3. The van der Waals surface area contributed by atoms with Gasteiger partial charge in [-0.25, -0.2) is 4.98 Å². The van der Waals surface area contributed by atoms with E-state index in [1.54, 1.807) is 0 Å². The van der Waals surface area contributed by atoms with Gasteiger partial charge in [0, 0.05) is 30.7 Å². The molecule has 1 aromatic heterocycles. The second-order valence-electron chi connectivity index (χ2n) is 7.82. The zero-order valence-corrected chi connectivity index (χ0v) is 17.8. The number of rotatable bonds is 9. The van der Waals surface area contributed by atoms with Gasteiger partial charge in [-0.2, -0.15) is 4.98 Å².